The topological polar surface area (TPSA) is 90.4 Å². The summed E-state index contributed by atoms with van der Waals surface area (Å²) in [6.45, 7) is 8.59. The minimum absolute atomic E-state index is 0.0117. The summed E-state index contributed by atoms with van der Waals surface area (Å²) in [7, 11) is 0. The smallest absolute Gasteiger partial charge is 0.253 e. The van der Waals surface area contributed by atoms with E-state index >= 15 is 0 Å². The number of carbonyl (C=O) groups excluding carboxylic acids is 3. The summed E-state index contributed by atoms with van der Waals surface area (Å²) in [5.74, 6) is -2.18. The zero-order valence-electron chi connectivity index (χ0n) is 24.9. The number of likely N-dealkylation sites (tertiary alicyclic amines) is 1. The van der Waals surface area contributed by atoms with Gasteiger partial charge in [-0.2, -0.15) is 0 Å². The van der Waals surface area contributed by atoms with Gasteiger partial charge in [0.15, 0.2) is 0 Å². The van der Waals surface area contributed by atoms with E-state index in [9.17, 15) is 19.5 Å². The van der Waals surface area contributed by atoms with E-state index < -0.39 is 29.6 Å². The number of aliphatic hydroxyl groups is 1. The third-order valence-electron chi connectivity index (χ3n) is 9.39. The van der Waals surface area contributed by atoms with Crippen LogP contribution >= 0.6 is 0 Å². The zero-order valence-corrected chi connectivity index (χ0v) is 24.9. The maximum absolute atomic E-state index is 14.8. The average Bonchev–Trinajstić information content (AvgIpc) is 3.69. The van der Waals surface area contributed by atoms with Crippen molar-refractivity contribution in [2.45, 2.75) is 43.4 Å². The van der Waals surface area contributed by atoms with Crippen LogP contribution in [0.2, 0.25) is 0 Å². The van der Waals surface area contributed by atoms with Crippen LogP contribution in [0.25, 0.3) is 10.8 Å². The summed E-state index contributed by atoms with van der Waals surface area (Å²) in [6.07, 6.45) is 5.02. The molecule has 1 N–H and O–H groups in total. The highest BCUT2D eigenvalue weighted by Crippen LogP contribution is 2.59. The van der Waals surface area contributed by atoms with E-state index in [1.807, 2.05) is 72.8 Å². The van der Waals surface area contributed by atoms with Crippen LogP contribution < -0.4 is 9.80 Å². The Labute approximate surface area is 258 Å². The second kappa shape index (κ2) is 12.4. The molecule has 1 spiro atoms. The van der Waals surface area contributed by atoms with Crippen molar-refractivity contribution in [3.8, 4) is 0 Å². The highest BCUT2D eigenvalue weighted by Gasteiger charge is 2.74. The number of rotatable bonds is 12. The first-order valence-corrected chi connectivity index (χ1v) is 15.4. The van der Waals surface area contributed by atoms with Crippen molar-refractivity contribution in [2.75, 3.05) is 36.0 Å². The predicted molar refractivity (Wildman–Crippen MR) is 171 cm³/mol. The maximum atomic E-state index is 14.8. The van der Waals surface area contributed by atoms with Crippen LogP contribution in [0.5, 0.6) is 0 Å². The standard InChI is InChI=1S/C36H39N3O5/c1-3-20-37(27-14-6-5-7-15-27)33(41)30-29-18-19-36(44-29)31(30)34(42)39(22-10-11-23-40)32(36)35(43)38(21-4-2)28-17-16-25-12-8-9-13-26(25)24-28/h3-9,12-17,24,29-32,40H,1-2,10-11,18-23H2/t29-,30+,31-,32?,36?/m0/s1. The molecule has 44 heavy (non-hydrogen) atoms. The number of ether oxygens (including phenoxy) is 1. The SMILES string of the molecule is C=CCN(C(=O)C1N(CCCCO)C(=O)[C@@H]2[C@H](C(=O)N(CC=C)c3ccccc3)[C@@H]3CCC12O3)c1ccc2ccccc2c1. The van der Waals surface area contributed by atoms with E-state index in [2.05, 4.69) is 13.2 Å². The Kier molecular flexibility index (Phi) is 8.38. The Morgan fingerprint density at radius 2 is 1.59 bits per heavy atom. The largest absolute Gasteiger partial charge is 0.396 e. The number of unbranched alkanes of at least 4 members (excludes halogenated alkanes) is 1. The molecule has 3 saturated heterocycles. The first kappa shape index (κ1) is 29.8. The Balaban J connectivity index is 1.39. The lowest BCUT2D eigenvalue weighted by Crippen LogP contribution is -2.56. The molecule has 0 radical (unpaired) electrons. The van der Waals surface area contributed by atoms with Crippen LogP contribution in [-0.2, 0) is 19.1 Å². The summed E-state index contributed by atoms with van der Waals surface area (Å²) in [5.41, 5.74) is 0.309. The quantitative estimate of drug-likeness (QED) is 0.242. The van der Waals surface area contributed by atoms with Gasteiger partial charge in [-0.15, -0.1) is 13.2 Å². The van der Waals surface area contributed by atoms with Crippen LogP contribution in [0.4, 0.5) is 11.4 Å². The molecule has 0 aromatic heterocycles. The van der Waals surface area contributed by atoms with Gasteiger partial charge in [0, 0.05) is 37.6 Å². The van der Waals surface area contributed by atoms with E-state index in [-0.39, 0.29) is 44.0 Å². The summed E-state index contributed by atoms with van der Waals surface area (Å²) in [6, 6.07) is 22.3. The lowest BCUT2D eigenvalue weighted by atomic mass is 9.70. The molecule has 0 saturated carbocycles. The van der Waals surface area contributed by atoms with Gasteiger partial charge in [0.05, 0.1) is 17.9 Å². The van der Waals surface area contributed by atoms with E-state index in [1.54, 1.807) is 26.9 Å². The minimum Gasteiger partial charge on any atom is -0.396 e. The molecule has 3 aromatic rings. The molecule has 3 aromatic carbocycles. The first-order chi connectivity index (χ1) is 21.4. The number of anilines is 2. The number of benzene rings is 3. The maximum Gasteiger partial charge on any atom is 0.253 e. The molecule has 2 unspecified atom stereocenters. The number of fused-ring (bicyclic) bond motifs is 2. The summed E-state index contributed by atoms with van der Waals surface area (Å²) in [5, 5.41) is 11.6. The average molecular weight is 594 g/mol. The third kappa shape index (κ3) is 4.92. The molecular formula is C36H39N3O5. The van der Waals surface area contributed by atoms with Crippen LogP contribution in [0.15, 0.2) is 98.1 Å². The highest BCUT2D eigenvalue weighted by atomic mass is 16.5. The summed E-state index contributed by atoms with van der Waals surface area (Å²) in [4.78, 5) is 48.5. The lowest BCUT2D eigenvalue weighted by molar-refractivity contribution is -0.140. The summed E-state index contributed by atoms with van der Waals surface area (Å²) < 4.78 is 6.70. The Morgan fingerprint density at radius 3 is 2.30 bits per heavy atom. The van der Waals surface area contributed by atoms with Crippen LogP contribution in [-0.4, -0.2) is 71.7 Å². The number of amides is 3. The van der Waals surface area contributed by atoms with Crippen molar-refractivity contribution in [1.82, 2.24) is 4.90 Å². The van der Waals surface area contributed by atoms with Crippen molar-refractivity contribution < 1.29 is 24.2 Å². The Morgan fingerprint density at radius 1 is 0.909 bits per heavy atom. The van der Waals surface area contributed by atoms with Gasteiger partial charge >= 0.3 is 0 Å². The number of carbonyl (C=O) groups is 3. The van der Waals surface area contributed by atoms with Crippen molar-refractivity contribution in [1.29, 1.82) is 0 Å². The molecule has 0 aliphatic carbocycles. The van der Waals surface area contributed by atoms with Crippen molar-refractivity contribution in [2.24, 2.45) is 11.8 Å². The molecule has 5 atom stereocenters. The monoisotopic (exact) mass is 593 g/mol. The molecular weight excluding hydrogens is 554 g/mol. The fraction of sp³-hybridized carbons (Fsp3) is 0.361. The van der Waals surface area contributed by atoms with E-state index in [4.69, 9.17) is 4.74 Å². The number of aliphatic hydroxyl groups excluding tert-OH is 1. The van der Waals surface area contributed by atoms with E-state index in [0.29, 0.717) is 31.4 Å². The predicted octanol–water partition coefficient (Wildman–Crippen LogP) is 4.73. The van der Waals surface area contributed by atoms with Gasteiger partial charge in [0.2, 0.25) is 11.8 Å². The molecule has 3 heterocycles. The van der Waals surface area contributed by atoms with Gasteiger partial charge in [-0.05, 0) is 60.7 Å². The fourth-order valence-corrected chi connectivity index (χ4v) is 7.53. The molecule has 3 aliphatic heterocycles. The molecule has 8 nitrogen and oxygen atoms in total. The van der Waals surface area contributed by atoms with Gasteiger partial charge in [-0.3, -0.25) is 14.4 Å². The van der Waals surface area contributed by atoms with Gasteiger partial charge in [-0.25, -0.2) is 0 Å². The van der Waals surface area contributed by atoms with Crippen molar-refractivity contribution in [3.63, 3.8) is 0 Å². The van der Waals surface area contributed by atoms with Crippen molar-refractivity contribution in [3.05, 3.63) is 98.1 Å². The first-order valence-electron chi connectivity index (χ1n) is 15.4. The highest BCUT2D eigenvalue weighted by molar-refractivity contribution is 6.07. The molecule has 6 rings (SSSR count). The van der Waals surface area contributed by atoms with E-state index in [0.717, 1.165) is 16.5 Å². The second-order valence-electron chi connectivity index (χ2n) is 11.9. The number of hydrogen-bond acceptors (Lipinski definition) is 5. The third-order valence-corrected chi connectivity index (χ3v) is 9.39. The molecule has 3 fully saturated rings. The molecule has 2 bridgehead atoms. The van der Waals surface area contributed by atoms with Crippen LogP contribution in [0, 0.1) is 11.8 Å². The lowest BCUT2D eigenvalue weighted by Gasteiger charge is -2.37. The van der Waals surface area contributed by atoms with Gasteiger partial charge in [-0.1, -0.05) is 60.7 Å². The van der Waals surface area contributed by atoms with Crippen LogP contribution in [0.1, 0.15) is 25.7 Å². The minimum atomic E-state index is -1.12. The molecule has 3 aliphatic rings. The summed E-state index contributed by atoms with van der Waals surface area (Å²) >= 11 is 0. The van der Waals surface area contributed by atoms with Gasteiger partial charge in [0.25, 0.3) is 5.91 Å². The molecule has 8 heteroatoms. The van der Waals surface area contributed by atoms with Crippen molar-refractivity contribution >= 4 is 39.9 Å². The zero-order chi connectivity index (χ0) is 30.8. The molecule has 228 valence electrons. The number of para-hydroxylation sites is 1. The normalized spacial score (nSPS) is 25.2. The second-order valence-corrected chi connectivity index (χ2v) is 11.9. The van der Waals surface area contributed by atoms with Gasteiger partial charge in [0.1, 0.15) is 11.6 Å². The van der Waals surface area contributed by atoms with Crippen LogP contribution in [0.3, 0.4) is 0 Å². The number of hydrogen-bond donors (Lipinski definition) is 1. The van der Waals surface area contributed by atoms with Gasteiger partial charge < -0.3 is 24.5 Å². The Bertz CT molecular complexity index is 1570. The Hall–Kier alpha value is -4.27. The molecule has 3 amide bonds. The fourth-order valence-electron chi connectivity index (χ4n) is 7.53. The number of nitrogens with zero attached hydrogens (tertiary/aromatic N) is 3. The van der Waals surface area contributed by atoms with E-state index in [1.165, 1.54) is 0 Å².